The Labute approximate surface area is 226 Å². The van der Waals surface area contributed by atoms with Crippen LogP contribution >= 0.6 is 11.6 Å². The normalized spacial score (nSPS) is 17.4. The van der Waals surface area contributed by atoms with Gasteiger partial charge in [0.05, 0.1) is 17.2 Å². The number of fused-ring (bicyclic) bond motifs is 1. The summed E-state index contributed by atoms with van der Waals surface area (Å²) >= 11 is 6.88. The van der Waals surface area contributed by atoms with E-state index in [0.29, 0.717) is 30.9 Å². The van der Waals surface area contributed by atoms with E-state index < -0.39 is 23.2 Å². The molecule has 200 valence electrons. The van der Waals surface area contributed by atoms with Gasteiger partial charge in [-0.1, -0.05) is 41.9 Å². The van der Waals surface area contributed by atoms with Crippen molar-refractivity contribution < 1.29 is 19.1 Å². The Hall–Kier alpha value is -3.84. The van der Waals surface area contributed by atoms with E-state index >= 15 is 0 Å². The maximum Gasteiger partial charge on any atom is 0.410 e. The molecule has 0 spiro atoms. The largest absolute Gasteiger partial charge is 0.460 e. The number of esters is 1. The smallest absolute Gasteiger partial charge is 0.410 e. The van der Waals surface area contributed by atoms with Gasteiger partial charge >= 0.3 is 12.1 Å². The summed E-state index contributed by atoms with van der Waals surface area (Å²) in [6, 6.07) is 11.5. The number of carbonyl (C=O) groups excluding carboxylic acids is 2. The molecule has 1 amide bonds. The molecular formula is C27H31ClN6O4. The second kappa shape index (κ2) is 10.1. The number of likely N-dealkylation sites (N-methyl/N-ethyl adjacent to an activating group) is 1. The number of amides is 1. The first kappa shape index (κ1) is 27.2. The van der Waals surface area contributed by atoms with E-state index in [1.54, 1.807) is 18.9 Å². The van der Waals surface area contributed by atoms with Gasteiger partial charge in [-0.25, -0.2) is 9.59 Å². The van der Waals surface area contributed by atoms with Crippen LogP contribution in [0.15, 0.2) is 30.3 Å². The molecule has 1 saturated heterocycles. The summed E-state index contributed by atoms with van der Waals surface area (Å²) in [4.78, 5) is 33.4. The minimum atomic E-state index is -0.695. The van der Waals surface area contributed by atoms with Crippen LogP contribution in [0.4, 0.5) is 10.6 Å². The molecule has 0 bridgehead atoms. The highest BCUT2D eigenvalue weighted by Gasteiger charge is 2.43. The molecule has 2 aromatic heterocycles. The van der Waals surface area contributed by atoms with Crippen LogP contribution in [0.5, 0.6) is 0 Å². The van der Waals surface area contributed by atoms with E-state index in [9.17, 15) is 14.9 Å². The second-order valence-electron chi connectivity index (χ2n) is 10.5. The maximum atomic E-state index is 12.9. The van der Waals surface area contributed by atoms with E-state index in [1.807, 2.05) is 62.9 Å². The lowest BCUT2D eigenvalue weighted by Crippen LogP contribution is -2.50. The standard InChI is InChI=1S/C27H31ClN6O4/c1-7-37-24(35)21-30-22-18(15-29)20(28)19(17-11-9-8-10-12-17)23(34(22)31-21)33-14-13-27(5,16-33)32(6)25(36)38-26(2,3)4/h8-12H,7,13-14,16H2,1-6H3/t27-/m0/s1. The number of ether oxygens (including phenoxy) is 2. The predicted molar refractivity (Wildman–Crippen MR) is 143 cm³/mol. The summed E-state index contributed by atoms with van der Waals surface area (Å²) in [5.74, 6) is -0.294. The highest BCUT2D eigenvalue weighted by Crippen LogP contribution is 2.43. The molecule has 1 fully saturated rings. The quantitative estimate of drug-likeness (QED) is 0.420. The zero-order valence-electron chi connectivity index (χ0n) is 22.4. The highest BCUT2D eigenvalue weighted by atomic mass is 35.5. The Morgan fingerprint density at radius 1 is 1.26 bits per heavy atom. The van der Waals surface area contributed by atoms with E-state index in [0.717, 1.165) is 5.56 Å². The lowest BCUT2D eigenvalue weighted by Gasteiger charge is -2.36. The minimum Gasteiger partial charge on any atom is -0.460 e. The van der Waals surface area contributed by atoms with Gasteiger partial charge in [0.15, 0.2) is 5.65 Å². The van der Waals surface area contributed by atoms with Crippen molar-refractivity contribution in [1.29, 1.82) is 5.26 Å². The van der Waals surface area contributed by atoms with Crippen LogP contribution in [0.25, 0.3) is 16.8 Å². The van der Waals surface area contributed by atoms with Crippen LogP contribution in [0, 0.1) is 11.3 Å². The molecule has 0 N–H and O–H groups in total. The zero-order chi connectivity index (χ0) is 27.8. The first-order valence-corrected chi connectivity index (χ1v) is 12.7. The van der Waals surface area contributed by atoms with Crippen molar-refractivity contribution in [3.05, 3.63) is 46.7 Å². The summed E-state index contributed by atoms with van der Waals surface area (Å²) in [5.41, 5.74) is 0.411. The number of rotatable bonds is 5. The lowest BCUT2D eigenvalue weighted by molar-refractivity contribution is 0.0116. The molecule has 3 heterocycles. The van der Waals surface area contributed by atoms with E-state index in [1.165, 1.54) is 4.52 Å². The fourth-order valence-corrected chi connectivity index (χ4v) is 4.85. The third-order valence-corrected chi connectivity index (χ3v) is 6.93. The number of hydrogen-bond donors (Lipinski definition) is 0. The third-order valence-electron chi connectivity index (χ3n) is 6.55. The van der Waals surface area contributed by atoms with Gasteiger partial charge in [0.2, 0.25) is 0 Å². The molecule has 0 unspecified atom stereocenters. The highest BCUT2D eigenvalue weighted by molar-refractivity contribution is 6.35. The number of benzene rings is 1. The Balaban J connectivity index is 1.89. The van der Waals surface area contributed by atoms with E-state index in [2.05, 4.69) is 16.2 Å². The number of nitriles is 1. The van der Waals surface area contributed by atoms with Gasteiger partial charge in [0, 0.05) is 25.7 Å². The van der Waals surface area contributed by atoms with E-state index in [4.69, 9.17) is 21.1 Å². The van der Waals surface area contributed by atoms with Crippen molar-refractivity contribution in [2.24, 2.45) is 0 Å². The van der Waals surface area contributed by atoms with Crippen molar-refractivity contribution in [3.8, 4) is 17.2 Å². The molecule has 1 aliphatic rings. The van der Waals surface area contributed by atoms with Crippen molar-refractivity contribution in [2.75, 3.05) is 31.6 Å². The monoisotopic (exact) mass is 538 g/mol. The molecule has 0 saturated carbocycles. The molecule has 0 radical (unpaired) electrons. The van der Waals surface area contributed by atoms with Gasteiger partial charge in [-0.05, 0) is 46.6 Å². The zero-order valence-corrected chi connectivity index (χ0v) is 23.2. The third kappa shape index (κ3) is 4.98. The fourth-order valence-electron chi connectivity index (χ4n) is 4.53. The summed E-state index contributed by atoms with van der Waals surface area (Å²) in [7, 11) is 1.73. The number of halogens is 1. The number of pyridine rings is 1. The maximum absolute atomic E-state index is 12.9. The van der Waals surface area contributed by atoms with Crippen LogP contribution in [0.1, 0.15) is 57.2 Å². The number of anilines is 1. The Kier molecular flexibility index (Phi) is 7.26. The number of hydrogen-bond acceptors (Lipinski definition) is 8. The molecular weight excluding hydrogens is 508 g/mol. The van der Waals surface area contributed by atoms with Crippen LogP contribution in [-0.2, 0) is 9.47 Å². The topological polar surface area (TPSA) is 113 Å². The SMILES string of the molecule is CCOC(=O)c1nc2c(C#N)c(Cl)c(-c3ccccc3)c(N3CC[C@](C)(N(C)C(=O)OC(C)(C)C)C3)n2n1. The predicted octanol–water partition coefficient (Wildman–Crippen LogP) is 4.93. The second-order valence-corrected chi connectivity index (χ2v) is 10.8. The number of nitrogens with zero attached hydrogens (tertiary/aromatic N) is 6. The molecule has 1 atom stereocenters. The van der Waals surface area contributed by atoms with Crippen LogP contribution in [-0.4, -0.2) is 69.4 Å². The van der Waals surface area contributed by atoms with Crippen LogP contribution in [0.2, 0.25) is 5.02 Å². The molecule has 38 heavy (non-hydrogen) atoms. The average Bonchev–Trinajstić information content (AvgIpc) is 3.47. The number of carbonyl (C=O) groups is 2. The van der Waals surface area contributed by atoms with Gasteiger partial charge in [0.25, 0.3) is 5.82 Å². The van der Waals surface area contributed by atoms with Crippen LogP contribution in [0.3, 0.4) is 0 Å². The van der Waals surface area contributed by atoms with Crippen molar-refractivity contribution >= 4 is 35.1 Å². The summed E-state index contributed by atoms with van der Waals surface area (Å²) in [6.07, 6.45) is 0.216. The molecule has 1 aromatic carbocycles. The molecule has 1 aliphatic heterocycles. The van der Waals surface area contributed by atoms with Gasteiger partial charge < -0.3 is 19.3 Å². The first-order valence-electron chi connectivity index (χ1n) is 12.4. The van der Waals surface area contributed by atoms with Crippen LogP contribution < -0.4 is 4.90 Å². The molecule has 0 aliphatic carbocycles. The fraction of sp³-hybridized carbons (Fsp3) is 0.444. The lowest BCUT2D eigenvalue weighted by atomic mass is 10.00. The van der Waals surface area contributed by atoms with Gasteiger partial charge in [-0.2, -0.15) is 14.8 Å². The Morgan fingerprint density at radius 3 is 2.55 bits per heavy atom. The van der Waals surface area contributed by atoms with E-state index in [-0.39, 0.29) is 28.7 Å². The van der Waals surface area contributed by atoms with Gasteiger partial charge in [-0.3, -0.25) is 0 Å². The molecule has 3 aromatic rings. The van der Waals surface area contributed by atoms with Crippen molar-refractivity contribution in [1.82, 2.24) is 19.5 Å². The van der Waals surface area contributed by atoms with Crippen molar-refractivity contribution in [2.45, 2.75) is 52.2 Å². The number of aromatic nitrogens is 3. The minimum absolute atomic E-state index is 0.102. The summed E-state index contributed by atoms with van der Waals surface area (Å²) < 4.78 is 12.2. The Bertz CT molecular complexity index is 1430. The van der Waals surface area contributed by atoms with Gasteiger partial charge in [-0.15, -0.1) is 5.10 Å². The first-order chi connectivity index (χ1) is 17.9. The van der Waals surface area contributed by atoms with Crippen molar-refractivity contribution in [3.63, 3.8) is 0 Å². The summed E-state index contributed by atoms with van der Waals surface area (Å²) in [6.45, 7) is 10.3. The summed E-state index contributed by atoms with van der Waals surface area (Å²) in [5, 5.41) is 14.7. The molecule has 10 nitrogen and oxygen atoms in total. The van der Waals surface area contributed by atoms with Gasteiger partial charge in [0.1, 0.15) is 23.1 Å². The molecule has 4 rings (SSSR count). The average molecular weight is 539 g/mol. The Morgan fingerprint density at radius 2 is 1.95 bits per heavy atom. The molecule has 11 heteroatoms.